The maximum absolute atomic E-state index is 13.0. The van der Waals surface area contributed by atoms with Gasteiger partial charge in [0.25, 0.3) is 5.91 Å². The molecule has 1 N–H and O–H groups in total. The Hall–Kier alpha value is -2.37. The van der Waals surface area contributed by atoms with Crippen molar-refractivity contribution in [3.8, 4) is 0 Å². The molecule has 3 rings (SSSR count). The van der Waals surface area contributed by atoms with E-state index in [9.17, 15) is 14.4 Å². The molecule has 0 bridgehead atoms. The summed E-state index contributed by atoms with van der Waals surface area (Å²) in [6, 6.07) is 7.13. The van der Waals surface area contributed by atoms with Gasteiger partial charge in [0, 0.05) is 0 Å². The Morgan fingerprint density at radius 3 is 2.58 bits per heavy atom. The lowest BCUT2D eigenvalue weighted by atomic mass is 9.85. The van der Waals surface area contributed by atoms with Crippen LogP contribution in [-0.4, -0.2) is 30.4 Å². The highest BCUT2D eigenvalue weighted by atomic mass is 16.5. The molecule has 0 aromatic heterocycles. The van der Waals surface area contributed by atoms with Crippen LogP contribution in [0.25, 0.3) is 0 Å². The largest absolute Gasteiger partial charge is 0.452 e. The average molecular weight is 330 g/mol. The first kappa shape index (κ1) is 16.5. The fraction of sp³-hybridized carbons (Fsp3) is 0.500. The Kier molecular flexibility index (Phi) is 4.55. The van der Waals surface area contributed by atoms with Crippen molar-refractivity contribution in [1.82, 2.24) is 0 Å². The molecule has 1 aromatic carbocycles. The molecule has 24 heavy (non-hydrogen) atoms. The molecule has 1 saturated carbocycles. The number of nitrogens with one attached hydrogen (secondary N) is 1. The first-order valence-corrected chi connectivity index (χ1v) is 8.38. The predicted octanol–water partition coefficient (Wildman–Crippen LogP) is 2.34. The molecule has 1 aliphatic heterocycles. The Labute approximate surface area is 141 Å². The number of amides is 2. The summed E-state index contributed by atoms with van der Waals surface area (Å²) >= 11 is 0. The van der Waals surface area contributed by atoms with Crippen LogP contribution in [-0.2, 0) is 19.1 Å². The minimum absolute atomic E-state index is 0.0694. The van der Waals surface area contributed by atoms with E-state index in [1.807, 2.05) is 13.8 Å². The number of nitrogens with zero attached hydrogens (tertiary/aromatic N) is 1. The third-order valence-corrected chi connectivity index (χ3v) is 4.57. The van der Waals surface area contributed by atoms with Crippen molar-refractivity contribution < 1.29 is 19.1 Å². The van der Waals surface area contributed by atoms with Crippen LogP contribution in [0.3, 0.4) is 0 Å². The second kappa shape index (κ2) is 6.63. The van der Waals surface area contributed by atoms with Crippen molar-refractivity contribution in [2.45, 2.75) is 39.2 Å². The first-order valence-electron chi connectivity index (χ1n) is 8.38. The summed E-state index contributed by atoms with van der Waals surface area (Å²) in [5, 5.41) is 2.75. The Balaban J connectivity index is 1.82. The predicted molar refractivity (Wildman–Crippen MR) is 89.5 cm³/mol. The normalized spacial score (nSPS) is 18.5. The Morgan fingerprint density at radius 2 is 1.96 bits per heavy atom. The number of ether oxygens (including phenoxy) is 1. The Morgan fingerprint density at radius 1 is 1.25 bits per heavy atom. The molecule has 2 aliphatic rings. The van der Waals surface area contributed by atoms with Gasteiger partial charge in [-0.15, -0.1) is 0 Å². The van der Waals surface area contributed by atoms with Crippen molar-refractivity contribution in [2.75, 3.05) is 16.8 Å². The number of carbonyl (C=O) groups excluding carboxylic acids is 3. The van der Waals surface area contributed by atoms with Crippen LogP contribution in [0, 0.1) is 11.8 Å². The van der Waals surface area contributed by atoms with Crippen LogP contribution < -0.4 is 10.2 Å². The molecule has 1 atom stereocenters. The summed E-state index contributed by atoms with van der Waals surface area (Å²) in [6.07, 6.45) is 1.80. The lowest BCUT2D eigenvalue weighted by Gasteiger charge is -2.34. The molecular formula is C18H22N2O4. The molecular weight excluding hydrogens is 308 g/mol. The van der Waals surface area contributed by atoms with Crippen LogP contribution in [0.2, 0.25) is 0 Å². The van der Waals surface area contributed by atoms with E-state index in [1.54, 1.807) is 24.3 Å². The number of carbonyl (C=O) groups is 3. The van der Waals surface area contributed by atoms with Crippen molar-refractivity contribution >= 4 is 29.2 Å². The number of esters is 1. The second-order valence-electron chi connectivity index (χ2n) is 6.72. The lowest BCUT2D eigenvalue weighted by Crippen LogP contribution is -2.49. The van der Waals surface area contributed by atoms with Gasteiger partial charge in [-0.1, -0.05) is 32.4 Å². The number of fused-ring (bicyclic) bond motifs is 1. The number of anilines is 2. The van der Waals surface area contributed by atoms with Gasteiger partial charge in [0.1, 0.15) is 6.54 Å². The summed E-state index contributed by atoms with van der Waals surface area (Å²) in [4.78, 5) is 38.5. The number of hydrogen-bond donors (Lipinski definition) is 1. The highest BCUT2D eigenvalue weighted by molar-refractivity contribution is 6.11. The van der Waals surface area contributed by atoms with Crippen LogP contribution in [0.15, 0.2) is 24.3 Å². The number of rotatable bonds is 4. The molecule has 0 radical (unpaired) electrons. The molecule has 128 valence electrons. The van der Waals surface area contributed by atoms with Crippen LogP contribution in [0.4, 0.5) is 11.4 Å². The van der Waals surface area contributed by atoms with E-state index < -0.39 is 6.10 Å². The van der Waals surface area contributed by atoms with Crippen LogP contribution in [0.1, 0.15) is 33.1 Å². The van der Waals surface area contributed by atoms with E-state index in [0.29, 0.717) is 11.4 Å². The minimum Gasteiger partial charge on any atom is -0.452 e. The van der Waals surface area contributed by atoms with Gasteiger partial charge in [-0.25, -0.2) is 0 Å². The van der Waals surface area contributed by atoms with Gasteiger partial charge in [-0.3, -0.25) is 19.3 Å². The zero-order valence-corrected chi connectivity index (χ0v) is 14.0. The maximum atomic E-state index is 13.0. The third-order valence-electron chi connectivity index (χ3n) is 4.57. The zero-order valence-electron chi connectivity index (χ0n) is 14.0. The number of hydrogen-bond acceptors (Lipinski definition) is 4. The maximum Gasteiger partial charge on any atom is 0.309 e. The first-order chi connectivity index (χ1) is 11.5. The molecule has 6 nitrogen and oxygen atoms in total. The van der Waals surface area contributed by atoms with Gasteiger partial charge in [0.2, 0.25) is 5.91 Å². The monoisotopic (exact) mass is 330 g/mol. The molecule has 0 saturated heterocycles. The summed E-state index contributed by atoms with van der Waals surface area (Å²) in [7, 11) is 0. The van der Waals surface area contributed by atoms with Gasteiger partial charge in [0.15, 0.2) is 6.10 Å². The molecule has 1 aliphatic carbocycles. The fourth-order valence-corrected chi connectivity index (χ4v) is 2.92. The van der Waals surface area contributed by atoms with Gasteiger partial charge in [0.05, 0.1) is 17.3 Å². The molecule has 1 aromatic rings. The summed E-state index contributed by atoms with van der Waals surface area (Å²) in [5.74, 6) is -1.16. The third kappa shape index (κ3) is 3.13. The van der Waals surface area contributed by atoms with Crippen LogP contribution >= 0.6 is 0 Å². The highest BCUT2D eigenvalue weighted by Gasteiger charge is 2.37. The van der Waals surface area contributed by atoms with Gasteiger partial charge in [-0.05, 0) is 30.9 Å². The topological polar surface area (TPSA) is 75.7 Å². The van der Waals surface area contributed by atoms with E-state index in [2.05, 4.69) is 5.32 Å². The van der Waals surface area contributed by atoms with E-state index >= 15 is 0 Å². The molecule has 2 amide bonds. The standard InChI is InChI=1S/C18H22N2O4/c1-11(2)16(24-18(23)12-6-5-7-12)17(22)20-10-15(21)19-13-8-3-4-9-14(13)20/h3-4,8-9,11-12,16H,5-7,10H2,1-2H3,(H,19,21)/t16-/m0/s1. The van der Waals surface area contributed by atoms with Crippen LogP contribution in [0.5, 0.6) is 0 Å². The molecule has 1 heterocycles. The second-order valence-corrected chi connectivity index (χ2v) is 6.72. The SMILES string of the molecule is CC(C)[C@H](OC(=O)C1CCC1)C(=O)N1CC(=O)Nc2ccccc21. The van der Waals surface area contributed by atoms with Crippen molar-refractivity contribution in [3.63, 3.8) is 0 Å². The van der Waals surface area contributed by atoms with Crippen molar-refractivity contribution in [3.05, 3.63) is 24.3 Å². The number of para-hydroxylation sites is 2. The van der Waals surface area contributed by atoms with Gasteiger partial charge >= 0.3 is 5.97 Å². The van der Waals surface area contributed by atoms with Gasteiger partial charge < -0.3 is 10.1 Å². The lowest BCUT2D eigenvalue weighted by molar-refractivity contribution is -0.164. The molecule has 6 heteroatoms. The quantitative estimate of drug-likeness (QED) is 0.860. The average Bonchev–Trinajstić information content (AvgIpc) is 2.49. The zero-order chi connectivity index (χ0) is 17.3. The van der Waals surface area contributed by atoms with Crippen molar-refractivity contribution in [1.29, 1.82) is 0 Å². The van der Waals surface area contributed by atoms with E-state index in [1.165, 1.54) is 4.90 Å². The molecule has 1 fully saturated rings. The smallest absolute Gasteiger partial charge is 0.309 e. The van der Waals surface area contributed by atoms with E-state index in [0.717, 1.165) is 19.3 Å². The van der Waals surface area contributed by atoms with Crippen molar-refractivity contribution in [2.24, 2.45) is 11.8 Å². The van der Waals surface area contributed by atoms with E-state index in [-0.39, 0.29) is 36.2 Å². The van der Waals surface area contributed by atoms with Gasteiger partial charge in [-0.2, -0.15) is 0 Å². The highest BCUT2D eigenvalue weighted by Crippen LogP contribution is 2.32. The molecule has 0 unspecified atom stereocenters. The van der Waals surface area contributed by atoms with E-state index in [4.69, 9.17) is 4.74 Å². The Bertz CT molecular complexity index is 667. The minimum atomic E-state index is -0.878. The summed E-state index contributed by atoms with van der Waals surface area (Å²) < 4.78 is 5.52. The summed E-state index contributed by atoms with van der Waals surface area (Å²) in [5.41, 5.74) is 1.22. The molecule has 0 spiro atoms. The fourth-order valence-electron chi connectivity index (χ4n) is 2.92. The number of benzene rings is 1. The summed E-state index contributed by atoms with van der Waals surface area (Å²) in [6.45, 7) is 3.61.